The van der Waals surface area contributed by atoms with Crippen molar-refractivity contribution in [2.75, 3.05) is 14.2 Å². The molecule has 5 heteroatoms. The lowest BCUT2D eigenvalue weighted by Gasteiger charge is -2.16. The van der Waals surface area contributed by atoms with Crippen molar-refractivity contribution in [1.29, 1.82) is 0 Å². The largest absolute Gasteiger partial charge is 0.481 e. The predicted octanol–water partition coefficient (Wildman–Crippen LogP) is 1.43. The van der Waals surface area contributed by atoms with Gasteiger partial charge in [0.25, 0.3) is 0 Å². The van der Waals surface area contributed by atoms with E-state index in [1.807, 2.05) is 20.8 Å². The molecule has 0 aliphatic heterocycles. The third-order valence-electron chi connectivity index (χ3n) is 1.64. The van der Waals surface area contributed by atoms with Crippen LogP contribution >= 0.6 is 0 Å². The Hall–Kier alpha value is -0.650. The molecule has 2 atom stereocenters. The van der Waals surface area contributed by atoms with Crippen LogP contribution in [0.25, 0.3) is 0 Å². The number of ether oxygens (including phenoxy) is 2. The Morgan fingerprint density at radius 3 is 1.80 bits per heavy atom. The topological polar surface area (TPSA) is 67.8 Å². The van der Waals surface area contributed by atoms with Gasteiger partial charge >= 0.3 is 5.97 Å². The van der Waals surface area contributed by atoms with Crippen LogP contribution in [0.1, 0.15) is 33.6 Å². The molecule has 0 aliphatic rings. The first kappa shape index (κ1) is 16.8. The van der Waals surface area contributed by atoms with Gasteiger partial charge in [-0.05, 0) is 20.3 Å². The molecule has 0 radical (unpaired) electrons. The van der Waals surface area contributed by atoms with Crippen LogP contribution < -0.4 is 5.32 Å². The Morgan fingerprint density at radius 2 is 1.67 bits per heavy atom. The van der Waals surface area contributed by atoms with Gasteiger partial charge in [-0.3, -0.25) is 10.1 Å². The fourth-order valence-electron chi connectivity index (χ4n) is 0.680. The number of hydrogen-bond donors (Lipinski definition) is 2. The summed E-state index contributed by atoms with van der Waals surface area (Å²) < 4.78 is 9.86. The molecule has 0 aromatic heterocycles. The van der Waals surface area contributed by atoms with Crippen molar-refractivity contribution < 1.29 is 19.4 Å². The van der Waals surface area contributed by atoms with Crippen molar-refractivity contribution in [2.45, 2.75) is 46.1 Å². The first-order valence-corrected chi connectivity index (χ1v) is 5.01. The van der Waals surface area contributed by atoms with E-state index >= 15 is 0 Å². The van der Waals surface area contributed by atoms with Crippen LogP contribution in [0.15, 0.2) is 0 Å². The summed E-state index contributed by atoms with van der Waals surface area (Å²) in [6, 6.07) is 0. The van der Waals surface area contributed by atoms with Crippen molar-refractivity contribution >= 4 is 5.97 Å². The van der Waals surface area contributed by atoms with Crippen LogP contribution in [0.4, 0.5) is 0 Å². The van der Waals surface area contributed by atoms with Crippen molar-refractivity contribution in [3.8, 4) is 0 Å². The zero-order valence-corrected chi connectivity index (χ0v) is 10.2. The molecule has 0 saturated carbocycles. The van der Waals surface area contributed by atoms with Crippen molar-refractivity contribution in [3.05, 3.63) is 0 Å². The van der Waals surface area contributed by atoms with E-state index in [1.165, 1.54) is 0 Å². The summed E-state index contributed by atoms with van der Waals surface area (Å²) in [5.74, 6) is -0.711. The van der Waals surface area contributed by atoms with Gasteiger partial charge in [-0.15, -0.1) is 0 Å². The Morgan fingerprint density at radius 1 is 1.27 bits per heavy atom. The molecule has 5 nitrogen and oxygen atoms in total. The second-order valence-corrected chi connectivity index (χ2v) is 3.07. The second-order valence-electron chi connectivity index (χ2n) is 3.07. The summed E-state index contributed by atoms with van der Waals surface area (Å²) in [6.07, 6.45) is 1.13. The molecule has 92 valence electrons. The van der Waals surface area contributed by atoms with Crippen LogP contribution in [-0.2, 0) is 14.3 Å². The minimum atomic E-state index is -0.711. The van der Waals surface area contributed by atoms with Gasteiger partial charge in [-0.25, -0.2) is 0 Å². The number of carboxylic acids is 1. The van der Waals surface area contributed by atoms with Gasteiger partial charge in [-0.1, -0.05) is 6.92 Å². The van der Waals surface area contributed by atoms with Gasteiger partial charge in [0.1, 0.15) is 12.5 Å². The highest BCUT2D eigenvalue weighted by Crippen LogP contribution is 1.86. The molecule has 0 rings (SSSR count). The average Bonchev–Trinajstić information content (AvgIpc) is 2.18. The molecule has 0 fully saturated rings. The van der Waals surface area contributed by atoms with Crippen LogP contribution in [0, 0.1) is 0 Å². The third kappa shape index (κ3) is 16.1. The Bertz CT molecular complexity index is 144. The maximum absolute atomic E-state index is 9.60. The van der Waals surface area contributed by atoms with Gasteiger partial charge in [0, 0.05) is 20.6 Å². The van der Waals surface area contributed by atoms with E-state index in [-0.39, 0.29) is 12.5 Å². The molecule has 2 N–H and O–H groups in total. The van der Waals surface area contributed by atoms with E-state index in [2.05, 4.69) is 5.32 Å². The number of carbonyl (C=O) groups is 1. The monoisotopic (exact) mass is 221 g/mol. The van der Waals surface area contributed by atoms with E-state index in [0.29, 0.717) is 6.42 Å². The second kappa shape index (κ2) is 11.4. The minimum absolute atomic E-state index is 0.0555. The molecule has 0 bridgehead atoms. The van der Waals surface area contributed by atoms with Crippen molar-refractivity contribution in [1.82, 2.24) is 5.32 Å². The maximum Gasteiger partial charge on any atom is 0.303 e. The Kier molecular flexibility index (Phi) is 12.8. The van der Waals surface area contributed by atoms with Crippen LogP contribution in [0.3, 0.4) is 0 Å². The predicted molar refractivity (Wildman–Crippen MR) is 58.6 cm³/mol. The fourth-order valence-corrected chi connectivity index (χ4v) is 0.680. The first-order chi connectivity index (χ1) is 6.97. The number of carboxylic acid groups (broad SMARTS) is 1. The highest BCUT2D eigenvalue weighted by molar-refractivity contribution is 5.66. The SMILES string of the molecule is CCCC(=O)O.COC(C)NC(C)OC. The molecule has 0 aliphatic carbocycles. The van der Waals surface area contributed by atoms with E-state index in [9.17, 15) is 4.79 Å². The lowest BCUT2D eigenvalue weighted by Crippen LogP contribution is -2.36. The molecule has 0 heterocycles. The van der Waals surface area contributed by atoms with E-state index in [1.54, 1.807) is 14.2 Å². The van der Waals surface area contributed by atoms with Crippen LogP contribution in [-0.4, -0.2) is 37.8 Å². The fraction of sp³-hybridized carbons (Fsp3) is 0.900. The van der Waals surface area contributed by atoms with Gasteiger partial charge in [0.2, 0.25) is 0 Å². The smallest absolute Gasteiger partial charge is 0.303 e. The van der Waals surface area contributed by atoms with Gasteiger partial charge in [0.15, 0.2) is 0 Å². The van der Waals surface area contributed by atoms with Crippen LogP contribution in [0.2, 0.25) is 0 Å². The summed E-state index contributed by atoms with van der Waals surface area (Å²) in [5, 5.41) is 10.9. The number of aliphatic carboxylic acids is 1. The van der Waals surface area contributed by atoms with Gasteiger partial charge in [-0.2, -0.15) is 0 Å². The number of methoxy groups -OCH3 is 2. The molecule has 0 spiro atoms. The zero-order chi connectivity index (χ0) is 12.3. The first-order valence-electron chi connectivity index (χ1n) is 5.01. The van der Waals surface area contributed by atoms with Crippen molar-refractivity contribution in [3.63, 3.8) is 0 Å². The minimum Gasteiger partial charge on any atom is -0.481 e. The van der Waals surface area contributed by atoms with E-state index in [0.717, 1.165) is 6.42 Å². The molecular formula is C10H23NO4. The zero-order valence-electron chi connectivity index (χ0n) is 10.2. The lowest BCUT2D eigenvalue weighted by atomic mass is 10.4. The average molecular weight is 221 g/mol. The summed E-state index contributed by atoms with van der Waals surface area (Å²) >= 11 is 0. The quantitative estimate of drug-likeness (QED) is 0.664. The molecule has 15 heavy (non-hydrogen) atoms. The summed E-state index contributed by atoms with van der Waals surface area (Å²) in [6.45, 7) is 5.69. The molecule has 0 aromatic carbocycles. The lowest BCUT2D eigenvalue weighted by molar-refractivity contribution is -0.137. The highest BCUT2D eigenvalue weighted by Gasteiger charge is 2.02. The van der Waals surface area contributed by atoms with Crippen LogP contribution in [0.5, 0.6) is 0 Å². The highest BCUT2D eigenvalue weighted by atomic mass is 16.5. The standard InChI is InChI=1S/C6H15NO2.C4H8O2/c1-5(8-3)7-6(2)9-4;1-2-3-4(5)6/h5-7H,1-4H3;2-3H2,1H3,(H,5,6). The Labute approximate surface area is 91.8 Å². The number of rotatable bonds is 6. The maximum atomic E-state index is 9.60. The molecular weight excluding hydrogens is 198 g/mol. The normalized spacial score (nSPS) is 13.7. The van der Waals surface area contributed by atoms with Crippen molar-refractivity contribution in [2.24, 2.45) is 0 Å². The van der Waals surface area contributed by atoms with E-state index < -0.39 is 5.97 Å². The third-order valence-corrected chi connectivity index (χ3v) is 1.64. The summed E-state index contributed by atoms with van der Waals surface area (Å²) in [4.78, 5) is 9.60. The number of nitrogens with one attached hydrogen (secondary N) is 1. The summed E-state index contributed by atoms with van der Waals surface area (Å²) in [5.41, 5.74) is 0. The Balaban J connectivity index is 0. The van der Waals surface area contributed by atoms with Gasteiger partial charge < -0.3 is 14.6 Å². The molecule has 0 amide bonds. The van der Waals surface area contributed by atoms with Gasteiger partial charge in [0.05, 0.1) is 0 Å². The molecule has 0 aromatic rings. The molecule has 2 unspecified atom stereocenters. The summed E-state index contributed by atoms with van der Waals surface area (Å²) in [7, 11) is 3.31. The molecule has 0 saturated heterocycles. The number of hydrogen-bond acceptors (Lipinski definition) is 4. The van der Waals surface area contributed by atoms with E-state index in [4.69, 9.17) is 14.6 Å².